The quantitative estimate of drug-likeness (QED) is 0.377. The number of hydrogen-bond acceptors (Lipinski definition) is 5. The smallest absolute Gasteiger partial charge is 0.304 e. The maximum atomic E-state index is 12.8. The number of aryl methyl sites for hydroxylation is 2. The Morgan fingerprint density at radius 3 is 2.44 bits per heavy atom. The number of thiophene rings is 1. The minimum atomic E-state index is -4.29. The van der Waals surface area contributed by atoms with E-state index >= 15 is 0 Å². The standard InChI is InChI=1S/C23H21ClN2O4S2/c1-3-16-11-20-22(19(4-2)25-16)18(24)12-21(27)26(20)13-14-5-7-15(8-6-14)17-9-10-31-23(17)32(28,29)30/h5-12H,3-4,13H2,1-2H3,(H,28,29,30). The molecule has 1 aromatic carbocycles. The molecule has 0 unspecified atom stereocenters. The van der Waals surface area contributed by atoms with Gasteiger partial charge >= 0.3 is 10.1 Å². The van der Waals surface area contributed by atoms with Crippen LogP contribution in [0, 0.1) is 0 Å². The van der Waals surface area contributed by atoms with Crippen LogP contribution in [0.2, 0.25) is 5.02 Å². The van der Waals surface area contributed by atoms with Crippen LogP contribution < -0.4 is 5.56 Å². The number of aromatic nitrogens is 2. The van der Waals surface area contributed by atoms with E-state index < -0.39 is 10.1 Å². The summed E-state index contributed by atoms with van der Waals surface area (Å²) in [5, 5.41) is 2.81. The summed E-state index contributed by atoms with van der Waals surface area (Å²) in [6, 6.07) is 12.3. The SMILES string of the molecule is CCc1cc2c(c(Cl)cc(=O)n2Cc2ccc(-c3ccsc3S(=O)(=O)O)cc2)c(CC)n1. The van der Waals surface area contributed by atoms with E-state index in [1.807, 2.05) is 32.0 Å². The fourth-order valence-electron chi connectivity index (χ4n) is 3.77. The first-order chi connectivity index (χ1) is 15.2. The lowest BCUT2D eigenvalue weighted by molar-refractivity contribution is 0.486. The fourth-order valence-corrected chi connectivity index (χ4v) is 5.83. The number of halogens is 1. The normalized spacial score (nSPS) is 11.9. The summed E-state index contributed by atoms with van der Waals surface area (Å²) in [4.78, 5) is 17.5. The van der Waals surface area contributed by atoms with Gasteiger partial charge in [-0.1, -0.05) is 49.7 Å². The van der Waals surface area contributed by atoms with Gasteiger partial charge in [-0.05, 0) is 41.5 Å². The van der Waals surface area contributed by atoms with E-state index in [0.717, 1.165) is 45.6 Å². The van der Waals surface area contributed by atoms with Gasteiger partial charge in [-0.25, -0.2) is 0 Å². The highest BCUT2D eigenvalue weighted by molar-refractivity contribution is 7.88. The Morgan fingerprint density at radius 1 is 1.09 bits per heavy atom. The van der Waals surface area contributed by atoms with Crippen molar-refractivity contribution in [3.63, 3.8) is 0 Å². The highest BCUT2D eigenvalue weighted by Crippen LogP contribution is 2.32. The van der Waals surface area contributed by atoms with Crippen LogP contribution in [0.4, 0.5) is 0 Å². The molecule has 0 bridgehead atoms. The van der Waals surface area contributed by atoms with Crippen LogP contribution in [0.3, 0.4) is 0 Å². The molecule has 4 aromatic rings. The third-order valence-corrected chi connectivity index (χ3v) is 7.95. The van der Waals surface area contributed by atoms with Crippen LogP contribution in [0.15, 0.2) is 56.8 Å². The first-order valence-electron chi connectivity index (χ1n) is 10.1. The monoisotopic (exact) mass is 488 g/mol. The largest absolute Gasteiger partial charge is 0.304 e. The van der Waals surface area contributed by atoms with E-state index in [0.29, 0.717) is 29.1 Å². The summed E-state index contributed by atoms with van der Waals surface area (Å²) in [5.41, 5.74) is 4.30. The number of benzene rings is 1. The highest BCUT2D eigenvalue weighted by Gasteiger charge is 2.18. The topological polar surface area (TPSA) is 89.3 Å². The number of rotatable bonds is 6. The van der Waals surface area contributed by atoms with Crippen LogP contribution in [0.1, 0.15) is 30.8 Å². The molecule has 166 valence electrons. The Balaban J connectivity index is 1.78. The summed E-state index contributed by atoms with van der Waals surface area (Å²) < 4.78 is 34.2. The Bertz CT molecular complexity index is 1470. The third kappa shape index (κ3) is 4.23. The predicted octanol–water partition coefficient (Wildman–Crippen LogP) is 5.20. The lowest BCUT2D eigenvalue weighted by Gasteiger charge is -2.15. The summed E-state index contributed by atoms with van der Waals surface area (Å²) in [7, 11) is -4.29. The van der Waals surface area contributed by atoms with Gasteiger partial charge in [0, 0.05) is 22.7 Å². The molecule has 0 aliphatic heterocycles. The molecule has 6 nitrogen and oxygen atoms in total. The van der Waals surface area contributed by atoms with Crippen molar-refractivity contribution in [3.05, 3.63) is 80.2 Å². The maximum absolute atomic E-state index is 12.8. The van der Waals surface area contributed by atoms with Crippen LogP contribution in [-0.2, 0) is 29.5 Å². The fraction of sp³-hybridized carbons (Fsp3) is 0.217. The van der Waals surface area contributed by atoms with E-state index in [1.165, 1.54) is 6.07 Å². The second-order valence-corrected chi connectivity index (χ2v) is 10.3. The van der Waals surface area contributed by atoms with Gasteiger partial charge in [0.05, 0.1) is 22.8 Å². The molecule has 32 heavy (non-hydrogen) atoms. The molecule has 3 aromatic heterocycles. The molecule has 0 saturated carbocycles. The van der Waals surface area contributed by atoms with E-state index in [-0.39, 0.29) is 9.77 Å². The molecule has 0 aliphatic rings. The number of nitrogens with zero attached hydrogens (tertiary/aromatic N) is 2. The molecule has 4 rings (SSSR count). The van der Waals surface area contributed by atoms with Crippen molar-refractivity contribution in [1.82, 2.24) is 9.55 Å². The molecule has 0 atom stereocenters. The lowest BCUT2D eigenvalue weighted by atomic mass is 10.1. The van der Waals surface area contributed by atoms with Crippen LogP contribution >= 0.6 is 22.9 Å². The van der Waals surface area contributed by atoms with Crippen molar-refractivity contribution in [1.29, 1.82) is 0 Å². The predicted molar refractivity (Wildman–Crippen MR) is 128 cm³/mol. The summed E-state index contributed by atoms with van der Waals surface area (Å²) in [6.45, 7) is 4.36. The molecule has 0 saturated heterocycles. The van der Waals surface area contributed by atoms with E-state index in [1.54, 1.807) is 28.1 Å². The minimum Gasteiger partial charge on any atom is -0.304 e. The van der Waals surface area contributed by atoms with E-state index in [2.05, 4.69) is 4.98 Å². The number of pyridine rings is 2. The first kappa shape index (κ1) is 22.7. The van der Waals surface area contributed by atoms with Crippen LogP contribution in [0.25, 0.3) is 22.0 Å². The van der Waals surface area contributed by atoms with Crippen molar-refractivity contribution in [2.24, 2.45) is 0 Å². The molecule has 0 fully saturated rings. The number of fused-ring (bicyclic) bond motifs is 1. The Hall–Kier alpha value is -2.52. The molecule has 0 spiro atoms. The summed E-state index contributed by atoms with van der Waals surface area (Å²) in [5.74, 6) is 0. The van der Waals surface area contributed by atoms with Gasteiger partial charge in [0.15, 0.2) is 4.21 Å². The van der Waals surface area contributed by atoms with Gasteiger partial charge < -0.3 is 4.57 Å². The molecular formula is C23H21ClN2O4S2. The maximum Gasteiger partial charge on any atom is 0.304 e. The molecule has 0 radical (unpaired) electrons. The molecule has 1 N–H and O–H groups in total. The van der Waals surface area contributed by atoms with E-state index in [9.17, 15) is 17.8 Å². The number of hydrogen-bond donors (Lipinski definition) is 1. The Morgan fingerprint density at radius 2 is 1.81 bits per heavy atom. The zero-order chi connectivity index (χ0) is 23.0. The average Bonchev–Trinajstić information content (AvgIpc) is 3.26. The minimum absolute atomic E-state index is 0.0862. The van der Waals surface area contributed by atoms with Gasteiger partial charge in [0.1, 0.15) is 0 Å². The van der Waals surface area contributed by atoms with Gasteiger partial charge in [0.2, 0.25) is 0 Å². The average molecular weight is 489 g/mol. The second-order valence-electron chi connectivity index (χ2n) is 7.37. The third-order valence-electron chi connectivity index (χ3n) is 5.34. The van der Waals surface area contributed by atoms with Gasteiger partial charge in [-0.15, -0.1) is 11.3 Å². The van der Waals surface area contributed by atoms with Crippen molar-refractivity contribution < 1.29 is 13.0 Å². The molecule has 3 heterocycles. The summed E-state index contributed by atoms with van der Waals surface area (Å²) >= 11 is 7.39. The molecule has 9 heteroatoms. The van der Waals surface area contributed by atoms with Crippen molar-refractivity contribution in [3.8, 4) is 11.1 Å². The van der Waals surface area contributed by atoms with Crippen molar-refractivity contribution >= 4 is 44.0 Å². The van der Waals surface area contributed by atoms with Crippen LogP contribution in [-0.4, -0.2) is 22.5 Å². The highest BCUT2D eigenvalue weighted by atomic mass is 35.5. The Labute approximate surface area is 194 Å². The van der Waals surface area contributed by atoms with Crippen molar-refractivity contribution in [2.75, 3.05) is 0 Å². The van der Waals surface area contributed by atoms with E-state index in [4.69, 9.17) is 11.6 Å². The van der Waals surface area contributed by atoms with Gasteiger partial charge in [-0.2, -0.15) is 8.42 Å². The summed E-state index contributed by atoms with van der Waals surface area (Å²) in [6.07, 6.45) is 1.45. The molecular weight excluding hydrogens is 468 g/mol. The van der Waals surface area contributed by atoms with Gasteiger partial charge in [0.25, 0.3) is 5.56 Å². The molecule has 0 amide bonds. The van der Waals surface area contributed by atoms with Crippen LogP contribution in [0.5, 0.6) is 0 Å². The molecule has 0 aliphatic carbocycles. The Kier molecular flexibility index (Phi) is 6.22. The second kappa shape index (κ2) is 8.78. The van der Waals surface area contributed by atoms with Crippen molar-refractivity contribution in [2.45, 2.75) is 37.4 Å². The lowest BCUT2D eigenvalue weighted by Crippen LogP contribution is -2.21. The zero-order valence-corrected chi connectivity index (χ0v) is 19.9. The zero-order valence-electron chi connectivity index (χ0n) is 17.5. The first-order valence-corrected chi connectivity index (χ1v) is 12.8. The van der Waals surface area contributed by atoms with Gasteiger partial charge in [-0.3, -0.25) is 14.3 Å².